The third kappa shape index (κ3) is 4.45. The molecule has 0 saturated carbocycles. The lowest BCUT2D eigenvalue weighted by atomic mass is 10.1. The highest BCUT2D eigenvalue weighted by atomic mass is 32.1. The number of H-pyrrole nitrogens is 1. The second kappa shape index (κ2) is 8.77. The molecule has 0 fully saturated rings. The molecule has 0 amide bonds. The molecule has 4 N–H and O–H groups in total. The van der Waals surface area contributed by atoms with E-state index in [1.807, 2.05) is 30.3 Å². The number of anilines is 1. The van der Waals surface area contributed by atoms with Gasteiger partial charge in [-0.3, -0.25) is 19.8 Å². The Labute approximate surface area is 154 Å². The number of hydrogen-bond donors (Lipinski definition) is 4. The first-order valence-corrected chi connectivity index (χ1v) is 8.24. The number of para-hydroxylation sites is 1. The highest BCUT2D eigenvalue weighted by Gasteiger charge is 2.18. The van der Waals surface area contributed by atoms with Crippen LogP contribution in [0.5, 0.6) is 5.88 Å². The van der Waals surface area contributed by atoms with Crippen molar-refractivity contribution in [3.63, 3.8) is 0 Å². The van der Waals surface area contributed by atoms with E-state index >= 15 is 0 Å². The second-order valence-electron chi connectivity index (χ2n) is 5.20. The summed E-state index contributed by atoms with van der Waals surface area (Å²) < 4.78 is 0.995. The van der Waals surface area contributed by atoms with Crippen molar-refractivity contribution in [1.82, 2.24) is 15.0 Å². The fraction of sp³-hybridized carbons (Fsp3) is 0.176. The van der Waals surface area contributed by atoms with Crippen LogP contribution >= 0.6 is 12.2 Å². The smallest absolute Gasteiger partial charge is 0.331 e. The summed E-state index contributed by atoms with van der Waals surface area (Å²) in [5.41, 5.74) is 2.12. The van der Waals surface area contributed by atoms with Crippen LogP contribution < -0.4 is 22.0 Å². The summed E-state index contributed by atoms with van der Waals surface area (Å²) in [5, 5.41) is 17.6. The van der Waals surface area contributed by atoms with Crippen molar-refractivity contribution in [2.24, 2.45) is 5.10 Å². The first-order chi connectivity index (χ1) is 12.5. The molecular weight excluding hydrogens is 354 g/mol. The first-order valence-electron chi connectivity index (χ1n) is 7.83. The molecule has 0 radical (unpaired) electrons. The number of aromatic hydroxyl groups is 1. The van der Waals surface area contributed by atoms with Crippen molar-refractivity contribution in [3.05, 3.63) is 69.4 Å². The zero-order chi connectivity index (χ0) is 19.1. The quantitative estimate of drug-likeness (QED) is 0.264. The van der Waals surface area contributed by atoms with Crippen LogP contribution in [0.2, 0.25) is 0 Å². The van der Waals surface area contributed by atoms with E-state index in [0.29, 0.717) is 6.42 Å². The molecular formula is C17H19N5O3S. The van der Waals surface area contributed by atoms with Crippen LogP contribution in [-0.4, -0.2) is 25.5 Å². The molecule has 2 aromatic rings. The minimum atomic E-state index is -0.725. The maximum Gasteiger partial charge on any atom is 0.331 e. The van der Waals surface area contributed by atoms with Gasteiger partial charge in [-0.2, -0.15) is 5.10 Å². The average molecular weight is 373 g/mol. The number of aromatic nitrogens is 2. The average Bonchev–Trinajstić information content (AvgIpc) is 2.62. The van der Waals surface area contributed by atoms with Crippen molar-refractivity contribution in [1.29, 1.82) is 0 Å². The standard InChI is InChI=1S/C17H19N5O3S/c1-3-10-22-15(24)13(14(23)19-17(22)25)12(4-2)20-21-16(26)18-11-8-6-5-7-9-11/h3,5-9,24H,1,4,10H2,2H3,(H2,18,21,26)(H,19,23,25)/b20-12-. The van der Waals surface area contributed by atoms with Crippen LogP contribution in [0, 0.1) is 0 Å². The molecule has 9 heteroatoms. The summed E-state index contributed by atoms with van der Waals surface area (Å²) in [6.07, 6.45) is 1.76. The lowest BCUT2D eigenvalue weighted by molar-refractivity contribution is 0.409. The van der Waals surface area contributed by atoms with Crippen molar-refractivity contribution in [2.45, 2.75) is 19.9 Å². The summed E-state index contributed by atoms with van der Waals surface area (Å²) in [6, 6.07) is 9.25. The summed E-state index contributed by atoms with van der Waals surface area (Å²) >= 11 is 5.16. The molecule has 0 aliphatic carbocycles. The van der Waals surface area contributed by atoms with Crippen molar-refractivity contribution in [3.8, 4) is 5.88 Å². The van der Waals surface area contributed by atoms with Gasteiger partial charge in [0.25, 0.3) is 5.56 Å². The fourth-order valence-corrected chi connectivity index (χ4v) is 2.39. The molecule has 0 atom stereocenters. The third-order valence-electron chi connectivity index (χ3n) is 3.43. The van der Waals surface area contributed by atoms with Gasteiger partial charge in [-0.25, -0.2) is 4.79 Å². The van der Waals surface area contributed by atoms with Gasteiger partial charge >= 0.3 is 5.69 Å². The highest BCUT2D eigenvalue weighted by Crippen LogP contribution is 2.13. The number of rotatable bonds is 6. The van der Waals surface area contributed by atoms with Gasteiger partial charge in [0, 0.05) is 12.2 Å². The zero-order valence-corrected chi connectivity index (χ0v) is 15.0. The number of benzene rings is 1. The van der Waals surface area contributed by atoms with Gasteiger partial charge in [-0.05, 0) is 30.8 Å². The van der Waals surface area contributed by atoms with E-state index in [1.54, 1.807) is 6.92 Å². The lowest BCUT2D eigenvalue weighted by Crippen LogP contribution is -2.34. The van der Waals surface area contributed by atoms with Gasteiger partial charge in [-0.1, -0.05) is 31.2 Å². The Hall–Kier alpha value is -3.20. The molecule has 0 unspecified atom stereocenters. The maximum atomic E-state index is 12.1. The van der Waals surface area contributed by atoms with Gasteiger partial charge in [0.05, 0.1) is 5.71 Å². The number of nitrogens with one attached hydrogen (secondary N) is 3. The molecule has 0 aliphatic rings. The molecule has 0 aliphatic heterocycles. The Morgan fingerprint density at radius 2 is 2.08 bits per heavy atom. The molecule has 1 heterocycles. The monoisotopic (exact) mass is 373 g/mol. The Bertz CT molecular complexity index is 947. The van der Waals surface area contributed by atoms with Gasteiger partial charge in [0.2, 0.25) is 5.88 Å². The topological polar surface area (TPSA) is 112 Å². The SMILES string of the molecule is C=CCn1c(O)c(/C(CC)=N\NC(=S)Nc2ccccc2)c(=O)[nH]c1=O. The highest BCUT2D eigenvalue weighted by molar-refractivity contribution is 7.80. The van der Waals surface area contributed by atoms with Gasteiger partial charge in [-0.15, -0.1) is 6.58 Å². The number of aromatic amines is 1. The van der Waals surface area contributed by atoms with E-state index < -0.39 is 17.1 Å². The summed E-state index contributed by atoms with van der Waals surface area (Å²) in [6.45, 7) is 5.33. The molecule has 26 heavy (non-hydrogen) atoms. The van der Waals surface area contributed by atoms with E-state index in [9.17, 15) is 14.7 Å². The van der Waals surface area contributed by atoms with E-state index in [1.165, 1.54) is 6.08 Å². The molecule has 0 spiro atoms. The number of nitrogens with zero attached hydrogens (tertiary/aromatic N) is 2. The van der Waals surface area contributed by atoms with Gasteiger partial charge < -0.3 is 10.4 Å². The fourth-order valence-electron chi connectivity index (χ4n) is 2.23. The van der Waals surface area contributed by atoms with Crippen LogP contribution in [0.4, 0.5) is 5.69 Å². The Morgan fingerprint density at radius 1 is 1.38 bits per heavy atom. The van der Waals surface area contributed by atoms with Crippen molar-refractivity contribution in [2.75, 3.05) is 5.32 Å². The molecule has 1 aromatic carbocycles. The van der Waals surface area contributed by atoms with E-state index in [2.05, 4.69) is 27.4 Å². The molecule has 0 bridgehead atoms. The van der Waals surface area contributed by atoms with Crippen LogP contribution in [0.3, 0.4) is 0 Å². The normalized spacial score (nSPS) is 11.0. The van der Waals surface area contributed by atoms with Crippen molar-refractivity contribution < 1.29 is 5.11 Å². The Kier molecular flexibility index (Phi) is 6.45. The Morgan fingerprint density at radius 3 is 2.69 bits per heavy atom. The molecule has 136 valence electrons. The Balaban J connectivity index is 2.30. The number of hydrazone groups is 1. The largest absolute Gasteiger partial charge is 0.494 e. The van der Waals surface area contributed by atoms with Crippen LogP contribution in [0.15, 0.2) is 57.7 Å². The van der Waals surface area contributed by atoms with E-state index in [-0.39, 0.29) is 22.9 Å². The predicted molar refractivity (Wildman–Crippen MR) is 106 cm³/mol. The van der Waals surface area contributed by atoms with Gasteiger partial charge in [0.15, 0.2) is 5.11 Å². The molecule has 8 nitrogen and oxygen atoms in total. The summed E-state index contributed by atoms with van der Waals surface area (Å²) in [7, 11) is 0. The molecule has 2 rings (SSSR count). The summed E-state index contributed by atoms with van der Waals surface area (Å²) in [5.74, 6) is -0.469. The van der Waals surface area contributed by atoms with Crippen LogP contribution in [0.1, 0.15) is 18.9 Å². The van der Waals surface area contributed by atoms with Crippen LogP contribution in [0.25, 0.3) is 0 Å². The first kappa shape index (κ1) is 19.1. The number of thiocarbonyl (C=S) groups is 1. The van der Waals surface area contributed by atoms with Crippen molar-refractivity contribution >= 4 is 28.7 Å². The number of allylic oxidation sites excluding steroid dienone is 1. The maximum absolute atomic E-state index is 12.1. The second-order valence-corrected chi connectivity index (χ2v) is 5.61. The summed E-state index contributed by atoms with van der Waals surface area (Å²) in [4.78, 5) is 26.1. The van der Waals surface area contributed by atoms with E-state index in [4.69, 9.17) is 12.2 Å². The van der Waals surface area contributed by atoms with E-state index in [0.717, 1.165) is 10.3 Å². The predicted octanol–water partition coefficient (Wildman–Crippen LogP) is 1.53. The number of hydrogen-bond acceptors (Lipinski definition) is 5. The minimum Gasteiger partial charge on any atom is -0.494 e. The molecule has 0 saturated heterocycles. The zero-order valence-electron chi connectivity index (χ0n) is 14.2. The molecule has 1 aromatic heterocycles. The minimum absolute atomic E-state index is 0.0485. The van der Waals surface area contributed by atoms with Crippen LogP contribution in [-0.2, 0) is 6.54 Å². The lowest BCUT2D eigenvalue weighted by Gasteiger charge is -2.12. The third-order valence-corrected chi connectivity index (χ3v) is 3.62. The van der Waals surface area contributed by atoms with Gasteiger partial charge in [0.1, 0.15) is 5.56 Å².